The van der Waals surface area contributed by atoms with Crippen LogP contribution in [0.1, 0.15) is 10.4 Å². The first-order valence-electron chi connectivity index (χ1n) is 6.10. The van der Waals surface area contributed by atoms with E-state index in [0.29, 0.717) is 29.7 Å². The molecule has 5 nitrogen and oxygen atoms in total. The lowest BCUT2D eigenvalue weighted by Gasteiger charge is -2.18. The van der Waals surface area contributed by atoms with Gasteiger partial charge in [0.2, 0.25) is 0 Å². The zero-order valence-corrected chi connectivity index (χ0v) is 12.3. The Morgan fingerprint density at radius 1 is 1.24 bits per heavy atom. The fraction of sp³-hybridized carbons (Fsp3) is 0.143. The summed E-state index contributed by atoms with van der Waals surface area (Å²) in [6.07, 6.45) is 1.34. The Bertz CT molecular complexity index is 707. The minimum Gasteiger partial charge on any atom is -0.486 e. The first-order chi connectivity index (χ1) is 10.1. The van der Waals surface area contributed by atoms with Crippen LogP contribution in [0.15, 0.2) is 40.4 Å². The van der Waals surface area contributed by atoms with E-state index in [4.69, 9.17) is 26.2 Å². The molecule has 0 amide bonds. The smallest absolute Gasteiger partial charge is 0.337 e. The van der Waals surface area contributed by atoms with Gasteiger partial charge >= 0.3 is 5.97 Å². The Morgan fingerprint density at radius 3 is 2.76 bits per heavy atom. The van der Waals surface area contributed by atoms with Crippen LogP contribution in [0.5, 0.6) is 11.5 Å². The van der Waals surface area contributed by atoms with Crippen molar-refractivity contribution in [3.05, 3.63) is 41.0 Å². The Morgan fingerprint density at radius 2 is 2.00 bits per heavy atom. The molecule has 1 aromatic heterocycles. The summed E-state index contributed by atoms with van der Waals surface area (Å²) in [4.78, 5) is 16.1. The van der Waals surface area contributed by atoms with Crippen molar-refractivity contribution in [2.75, 3.05) is 13.2 Å². The summed E-state index contributed by atoms with van der Waals surface area (Å²) >= 11 is 7.13. The maximum atomic E-state index is 11.1. The van der Waals surface area contributed by atoms with E-state index in [1.165, 1.54) is 24.0 Å². The number of carboxylic acids is 1. The number of ether oxygens (including phenoxy) is 2. The van der Waals surface area contributed by atoms with Crippen LogP contribution in [0.3, 0.4) is 0 Å². The second kappa shape index (κ2) is 5.83. The Hall–Kier alpha value is -1.92. The molecule has 0 aliphatic carbocycles. The van der Waals surface area contributed by atoms with Gasteiger partial charge in [-0.25, -0.2) is 9.78 Å². The van der Waals surface area contributed by atoms with Gasteiger partial charge in [0.25, 0.3) is 0 Å². The van der Waals surface area contributed by atoms with Gasteiger partial charge < -0.3 is 14.6 Å². The summed E-state index contributed by atoms with van der Waals surface area (Å²) in [6.45, 7) is 1.06. The third kappa shape index (κ3) is 3.06. The van der Waals surface area contributed by atoms with Crippen molar-refractivity contribution in [1.29, 1.82) is 0 Å². The Kier molecular flexibility index (Phi) is 3.90. The molecule has 0 fully saturated rings. The van der Waals surface area contributed by atoms with Crippen molar-refractivity contribution in [3.8, 4) is 11.5 Å². The fourth-order valence-corrected chi connectivity index (χ4v) is 2.86. The summed E-state index contributed by atoms with van der Waals surface area (Å²) < 4.78 is 11.0. The number of hydrogen-bond acceptors (Lipinski definition) is 5. The molecule has 0 saturated heterocycles. The van der Waals surface area contributed by atoms with Crippen molar-refractivity contribution in [1.82, 2.24) is 4.98 Å². The largest absolute Gasteiger partial charge is 0.486 e. The molecule has 1 aromatic carbocycles. The number of fused-ring (bicyclic) bond motifs is 1. The maximum Gasteiger partial charge on any atom is 0.337 e. The first-order valence-corrected chi connectivity index (χ1v) is 7.29. The predicted octanol–water partition coefficient (Wildman–Crippen LogP) is 3.36. The first kappa shape index (κ1) is 14.0. The van der Waals surface area contributed by atoms with Crippen LogP contribution in [-0.2, 0) is 0 Å². The summed E-state index contributed by atoms with van der Waals surface area (Å²) in [5.41, 5.74) is 0.0340. The Labute approximate surface area is 129 Å². The van der Waals surface area contributed by atoms with Gasteiger partial charge in [-0.1, -0.05) is 23.4 Å². The van der Waals surface area contributed by atoms with Gasteiger partial charge in [-0.3, -0.25) is 0 Å². The highest BCUT2D eigenvalue weighted by Gasteiger charge is 2.14. The van der Waals surface area contributed by atoms with Crippen molar-refractivity contribution in [2.24, 2.45) is 0 Å². The van der Waals surface area contributed by atoms with Crippen molar-refractivity contribution < 1.29 is 19.4 Å². The third-order valence-electron chi connectivity index (χ3n) is 2.80. The van der Waals surface area contributed by atoms with Crippen LogP contribution in [0.2, 0.25) is 5.02 Å². The lowest BCUT2D eigenvalue weighted by Crippen LogP contribution is -2.15. The number of benzene rings is 1. The molecule has 0 radical (unpaired) electrons. The molecular formula is C14H10ClNO4S. The molecule has 2 aromatic rings. The van der Waals surface area contributed by atoms with Gasteiger partial charge in [0.15, 0.2) is 11.5 Å². The summed E-state index contributed by atoms with van der Waals surface area (Å²) in [5.74, 6) is 0.311. The van der Waals surface area contributed by atoms with E-state index in [9.17, 15) is 4.79 Å². The van der Waals surface area contributed by atoms with Crippen molar-refractivity contribution in [2.45, 2.75) is 9.92 Å². The number of aromatic nitrogens is 1. The molecule has 1 aliphatic heterocycles. The number of aromatic carboxylic acids is 1. The normalized spacial score (nSPS) is 13.0. The highest BCUT2D eigenvalue weighted by molar-refractivity contribution is 7.99. The van der Waals surface area contributed by atoms with Crippen LogP contribution in [0.4, 0.5) is 0 Å². The number of hydrogen-bond donors (Lipinski definition) is 1. The average Bonchev–Trinajstić information content (AvgIpc) is 2.49. The molecule has 1 aliphatic rings. The SMILES string of the molecule is O=C(O)c1cc(Sc2ccc3c(c2)OCCO3)ncc1Cl. The van der Waals surface area contributed by atoms with Gasteiger partial charge in [-0.15, -0.1) is 0 Å². The lowest BCUT2D eigenvalue weighted by atomic mass is 10.3. The zero-order chi connectivity index (χ0) is 14.8. The standard InChI is InChI=1S/C14H10ClNO4S/c15-10-7-16-13(6-9(10)14(17)18)21-8-1-2-11-12(5-8)20-4-3-19-11/h1-2,5-7H,3-4H2,(H,17,18). The lowest BCUT2D eigenvalue weighted by molar-refractivity contribution is 0.0696. The fourth-order valence-electron chi connectivity index (χ4n) is 1.85. The van der Waals surface area contributed by atoms with Gasteiger partial charge in [-0.2, -0.15) is 0 Å². The molecule has 0 atom stereocenters. The number of pyridine rings is 1. The monoisotopic (exact) mass is 323 g/mol. The zero-order valence-electron chi connectivity index (χ0n) is 10.7. The molecule has 7 heteroatoms. The molecule has 0 spiro atoms. The van der Waals surface area contributed by atoms with E-state index in [-0.39, 0.29) is 10.6 Å². The number of nitrogens with zero attached hydrogens (tertiary/aromatic N) is 1. The summed E-state index contributed by atoms with van der Waals surface area (Å²) in [7, 11) is 0. The van der Waals surface area contributed by atoms with Crippen LogP contribution >= 0.6 is 23.4 Å². The minimum atomic E-state index is -1.08. The van der Waals surface area contributed by atoms with Crippen molar-refractivity contribution >= 4 is 29.3 Å². The van der Waals surface area contributed by atoms with Crippen LogP contribution in [0, 0.1) is 0 Å². The maximum absolute atomic E-state index is 11.1. The van der Waals surface area contributed by atoms with Gasteiger partial charge in [0, 0.05) is 11.1 Å². The second-order valence-electron chi connectivity index (χ2n) is 4.22. The molecule has 0 unspecified atom stereocenters. The Balaban J connectivity index is 1.86. The second-order valence-corrected chi connectivity index (χ2v) is 5.72. The van der Waals surface area contributed by atoms with Crippen molar-refractivity contribution in [3.63, 3.8) is 0 Å². The predicted molar refractivity (Wildman–Crippen MR) is 77.8 cm³/mol. The van der Waals surface area contributed by atoms with E-state index in [1.807, 2.05) is 18.2 Å². The van der Waals surface area contributed by atoms with E-state index >= 15 is 0 Å². The highest BCUT2D eigenvalue weighted by Crippen LogP contribution is 2.36. The molecule has 2 heterocycles. The molecule has 108 valence electrons. The number of carboxylic acid groups (broad SMARTS) is 1. The van der Waals surface area contributed by atoms with Crippen LogP contribution < -0.4 is 9.47 Å². The number of rotatable bonds is 3. The van der Waals surface area contributed by atoms with Gasteiger partial charge in [-0.05, 0) is 24.3 Å². The van der Waals surface area contributed by atoms with Gasteiger partial charge in [0.1, 0.15) is 18.2 Å². The minimum absolute atomic E-state index is 0.0340. The van der Waals surface area contributed by atoms with E-state index < -0.39 is 5.97 Å². The number of carbonyl (C=O) groups is 1. The molecule has 21 heavy (non-hydrogen) atoms. The summed E-state index contributed by atoms with van der Waals surface area (Å²) in [5, 5.41) is 9.73. The quantitative estimate of drug-likeness (QED) is 0.934. The van der Waals surface area contributed by atoms with E-state index in [0.717, 1.165) is 4.90 Å². The molecule has 0 saturated carbocycles. The van der Waals surface area contributed by atoms with Crippen LogP contribution in [-0.4, -0.2) is 29.3 Å². The topological polar surface area (TPSA) is 68.7 Å². The molecule has 1 N–H and O–H groups in total. The molecule has 3 rings (SSSR count). The van der Waals surface area contributed by atoms with Crippen LogP contribution in [0.25, 0.3) is 0 Å². The summed E-state index contributed by atoms with van der Waals surface area (Å²) in [6, 6.07) is 6.99. The average molecular weight is 324 g/mol. The third-order valence-corrected chi connectivity index (χ3v) is 4.02. The van der Waals surface area contributed by atoms with E-state index in [2.05, 4.69) is 4.98 Å². The highest BCUT2D eigenvalue weighted by atomic mass is 35.5. The molecule has 0 bridgehead atoms. The van der Waals surface area contributed by atoms with Gasteiger partial charge in [0.05, 0.1) is 10.6 Å². The number of halogens is 1. The van der Waals surface area contributed by atoms with E-state index in [1.54, 1.807) is 0 Å². The molecular weight excluding hydrogens is 314 g/mol.